The number of nitrogens with zero attached hydrogens (tertiary/aromatic N) is 1. The van der Waals surface area contributed by atoms with E-state index in [-0.39, 0.29) is 12.0 Å². The van der Waals surface area contributed by atoms with Crippen molar-refractivity contribution in [3.63, 3.8) is 0 Å². The van der Waals surface area contributed by atoms with E-state index < -0.39 is 5.54 Å². The fraction of sp³-hybridized carbons (Fsp3) is 0.933. The van der Waals surface area contributed by atoms with Gasteiger partial charge in [-0.3, -0.25) is 15.0 Å². The molecule has 1 aliphatic heterocycles. The molecule has 5 nitrogen and oxygen atoms in total. The minimum absolute atomic E-state index is 0.191. The van der Waals surface area contributed by atoms with Gasteiger partial charge in [0.05, 0.1) is 13.7 Å². The molecule has 1 fully saturated rings. The molecule has 1 saturated heterocycles. The summed E-state index contributed by atoms with van der Waals surface area (Å²) in [4.78, 5) is 14.5. The molecule has 0 saturated carbocycles. The molecular formula is C15H30N2O3. The van der Waals surface area contributed by atoms with Crippen LogP contribution in [0.15, 0.2) is 0 Å². The Morgan fingerprint density at radius 3 is 2.65 bits per heavy atom. The summed E-state index contributed by atoms with van der Waals surface area (Å²) >= 11 is 0. The number of methoxy groups -OCH3 is 1. The molecular weight excluding hydrogens is 256 g/mol. The highest BCUT2D eigenvalue weighted by Gasteiger charge is 2.37. The Labute approximate surface area is 123 Å². The zero-order valence-electron chi connectivity index (χ0n) is 13.6. The van der Waals surface area contributed by atoms with E-state index in [0.29, 0.717) is 6.04 Å². The van der Waals surface area contributed by atoms with Crippen molar-refractivity contribution in [2.24, 2.45) is 0 Å². The third kappa shape index (κ3) is 5.04. The smallest absolute Gasteiger partial charge is 0.325 e. The number of hydrogen-bond donors (Lipinski definition) is 1. The summed E-state index contributed by atoms with van der Waals surface area (Å²) in [7, 11) is 1.45. The molecule has 5 heteroatoms. The van der Waals surface area contributed by atoms with Crippen molar-refractivity contribution in [3.8, 4) is 0 Å². The van der Waals surface area contributed by atoms with E-state index in [2.05, 4.69) is 17.1 Å². The van der Waals surface area contributed by atoms with E-state index in [9.17, 15) is 4.79 Å². The minimum Gasteiger partial charge on any atom is -0.468 e. The highest BCUT2D eigenvalue weighted by molar-refractivity contribution is 5.80. The Morgan fingerprint density at radius 2 is 2.05 bits per heavy atom. The van der Waals surface area contributed by atoms with Gasteiger partial charge in [0.25, 0.3) is 0 Å². The molecule has 1 heterocycles. The monoisotopic (exact) mass is 286 g/mol. The van der Waals surface area contributed by atoms with Gasteiger partial charge in [0.1, 0.15) is 5.54 Å². The molecule has 0 radical (unpaired) electrons. The Balaban J connectivity index is 2.69. The molecule has 0 aromatic heterocycles. The van der Waals surface area contributed by atoms with E-state index in [1.807, 2.05) is 20.8 Å². The second kappa shape index (κ2) is 7.96. The van der Waals surface area contributed by atoms with Crippen LogP contribution in [0.4, 0.5) is 0 Å². The summed E-state index contributed by atoms with van der Waals surface area (Å²) in [5, 5.41) is 3.36. The van der Waals surface area contributed by atoms with Gasteiger partial charge in [0.15, 0.2) is 0 Å². The van der Waals surface area contributed by atoms with Crippen LogP contribution in [0.25, 0.3) is 0 Å². The van der Waals surface area contributed by atoms with Crippen LogP contribution in [0.3, 0.4) is 0 Å². The maximum Gasteiger partial charge on any atom is 0.325 e. The van der Waals surface area contributed by atoms with Crippen molar-refractivity contribution in [2.45, 2.75) is 58.2 Å². The summed E-state index contributed by atoms with van der Waals surface area (Å²) in [6.07, 6.45) is 1.79. The standard InChI is InChI=1S/C15H30N2O3/c1-12(2)16-15(4,14(18)19-5)11-13(3)17-7-6-9-20-10-8-17/h12-13,16H,6-11H2,1-5H3. The number of carbonyl (C=O) groups excluding carboxylic acids is 1. The lowest BCUT2D eigenvalue weighted by molar-refractivity contribution is -0.149. The molecule has 0 spiro atoms. The first-order valence-electron chi connectivity index (χ1n) is 7.57. The molecule has 1 rings (SSSR count). The van der Waals surface area contributed by atoms with Crippen LogP contribution < -0.4 is 5.32 Å². The Hall–Kier alpha value is -0.650. The molecule has 1 N–H and O–H groups in total. The number of nitrogens with one attached hydrogen (secondary N) is 1. The lowest BCUT2D eigenvalue weighted by Gasteiger charge is -2.36. The molecule has 2 atom stereocenters. The summed E-state index contributed by atoms with van der Waals surface area (Å²) in [5.74, 6) is -0.191. The van der Waals surface area contributed by atoms with E-state index in [0.717, 1.165) is 39.1 Å². The first-order valence-corrected chi connectivity index (χ1v) is 7.57. The molecule has 0 aromatic carbocycles. The molecule has 20 heavy (non-hydrogen) atoms. The van der Waals surface area contributed by atoms with E-state index in [1.54, 1.807) is 0 Å². The Kier molecular flexibility index (Phi) is 6.92. The average molecular weight is 286 g/mol. The zero-order chi connectivity index (χ0) is 15.2. The van der Waals surface area contributed by atoms with Gasteiger partial charge in [0.2, 0.25) is 0 Å². The van der Waals surface area contributed by atoms with Crippen LogP contribution in [-0.2, 0) is 14.3 Å². The molecule has 118 valence electrons. The average Bonchev–Trinajstić information content (AvgIpc) is 2.65. The molecule has 2 unspecified atom stereocenters. The lowest BCUT2D eigenvalue weighted by Crippen LogP contribution is -2.56. The molecule has 0 aromatic rings. The third-order valence-corrected chi connectivity index (χ3v) is 3.83. The highest BCUT2D eigenvalue weighted by Crippen LogP contribution is 2.20. The Bertz CT molecular complexity index is 301. The molecule has 0 aliphatic carbocycles. The van der Waals surface area contributed by atoms with Crippen LogP contribution in [0.2, 0.25) is 0 Å². The molecule has 0 bridgehead atoms. The predicted octanol–water partition coefficient (Wildman–Crippen LogP) is 1.42. The van der Waals surface area contributed by atoms with E-state index in [4.69, 9.17) is 9.47 Å². The fourth-order valence-electron chi connectivity index (χ4n) is 2.99. The van der Waals surface area contributed by atoms with Crippen molar-refractivity contribution in [2.75, 3.05) is 33.4 Å². The third-order valence-electron chi connectivity index (χ3n) is 3.83. The van der Waals surface area contributed by atoms with Gasteiger partial charge in [-0.15, -0.1) is 0 Å². The van der Waals surface area contributed by atoms with Crippen LogP contribution in [0.1, 0.15) is 40.5 Å². The topological polar surface area (TPSA) is 50.8 Å². The predicted molar refractivity (Wildman–Crippen MR) is 79.8 cm³/mol. The second-order valence-electron chi connectivity index (χ2n) is 6.18. The normalized spacial score (nSPS) is 22.1. The van der Waals surface area contributed by atoms with Gasteiger partial charge in [-0.05, 0) is 40.5 Å². The van der Waals surface area contributed by atoms with E-state index >= 15 is 0 Å². The van der Waals surface area contributed by atoms with Crippen LogP contribution in [0.5, 0.6) is 0 Å². The van der Waals surface area contributed by atoms with Crippen LogP contribution in [-0.4, -0.2) is 61.9 Å². The first kappa shape index (κ1) is 17.4. The molecule has 0 amide bonds. The number of rotatable bonds is 6. The fourth-order valence-corrected chi connectivity index (χ4v) is 2.99. The van der Waals surface area contributed by atoms with Gasteiger partial charge < -0.3 is 9.47 Å². The largest absolute Gasteiger partial charge is 0.468 e. The summed E-state index contributed by atoms with van der Waals surface area (Å²) in [6.45, 7) is 11.8. The summed E-state index contributed by atoms with van der Waals surface area (Å²) in [5.41, 5.74) is -0.643. The van der Waals surface area contributed by atoms with Crippen LogP contribution >= 0.6 is 0 Å². The van der Waals surface area contributed by atoms with Crippen molar-refractivity contribution >= 4 is 5.97 Å². The Morgan fingerprint density at radius 1 is 1.35 bits per heavy atom. The minimum atomic E-state index is -0.643. The van der Waals surface area contributed by atoms with Crippen LogP contribution in [0, 0.1) is 0 Å². The maximum atomic E-state index is 12.1. The number of esters is 1. The van der Waals surface area contributed by atoms with Gasteiger partial charge in [-0.25, -0.2) is 0 Å². The van der Waals surface area contributed by atoms with Crippen molar-refractivity contribution in [1.82, 2.24) is 10.2 Å². The lowest BCUT2D eigenvalue weighted by atomic mass is 9.91. The van der Waals surface area contributed by atoms with Crippen molar-refractivity contribution in [3.05, 3.63) is 0 Å². The zero-order valence-corrected chi connectivity index (χ0v) is 13.6. The number of hydrogen-bond acceptors (Lipinski definition) is 5. The quantitative estimate of drug-likeness (QED) is 0.748. The summed E-state index contributed by atoms with van der Waals surface area (Å²) in [6, 6.07) is 0.547. The summed E-state index contributed by atoms with van der Waals surface area (Å²) < 4.78 is 10.5. The number of ether oxygens (including phenoxy) is 2. The maximum absolute atomic E-state index is 12.1. The SMILES string of the molecule is COC(=O)C(C)(CC(C)N1CCCOCC1)NC(C)C. The van der Waals surface area contributed by atoms with Crippen molar-refractivity contribution < 1.29 is 14.3 Å². The van der Waals surface area contributed by atoms with Gasteiger partial charge in [-0.2, -0.15) is 0 Å². The van der Waals surface area contributed by atoms with Crippen molar-refractivity contribution in [1.29, 1.82) is 0 Å². The number of carbonyl (C=O) groups is 1. The highest BCUT2D eigenvalue weighted by atomic mass is 16.5. The van der Waals surface area contributed by atoms with Gasteiger partial charge in [0, 0.05) is 31.8 Å². The van der Waals surface area contributed by atoms with Gasteiger partial charge >= 0.3 is 5.97 Å². The van der Waals surface area contributed by atoms with E-state index in [1.165, 1.54) is 7.11 Å². The molecule has 1 aliphatic rings. The first-order chi connectivity index (χ1) is 9.39. The van der Waals surface area contributed by atoms with Gasteiger partial charge in [-0.1, -0.05) is 0 Å². The second-order valence-corrected chi connectivity index (χ2v) is 6.18.